The Morgan fingerprint density at radius 2 is 2.00 bits per heavy atom. The second kappa shape index (κ2) is 6.49. The largest absolute Gasteiger partial charge is 0.380 e. The maximum atomic E-state index is 12.5. The van der Waals surface area contributed by atoms with Gasteiger partial charge in [-0.1, -0.05) is 19.1 Å². The molecule has 1 aromatic carbocycles. The van der Waals surface area contributed by atoms with Crippen molar-refractivity contribution in [1.82, 2.24) is 10.2 Å². The fourth-order valence-corrected chi connectivity index (χ4v) is 2.36. The summed E-state index contributed by atoms with van der Waals surface area (Å²) >= 11 is 0. The third-order valence-electron chi connectivity index (χ3n) is 3.41. The molecule has 1 saturated heterocycles. The minimum absolute atomic E-state index is 0.0943. The number of carbonyl (C=O) groups excluding carboxylic acids is 3. The molecule has 1 heterocycles. The zero-order valence-electron chi connectivity index (χ0n) is 12.1. The first kappa shape index (κ1) is 15.2. The Kier molecular flexibility index (Phi) is 4.70. The number of benzene rings is 1. The van der Waals surface area contributed by atoms with Gasteiger partial charge in [0, 0.05) is 12.7 Å². The highest BCUT2D eigenvalue weighted by atomic mass is 16.5. The quantitative estimate of drug-likeness (QED) is 0.829. The molecule has 1 fully saturated rings. The molecule has 1 unspecified atom stereocenters. The molecular formula is C15H18N2O4. The van der Waals surface area contributed by atoms with Crippen molar-refractivity contribution < 1.29 is 19.1 Å². The van der Waals surface area contributed by atoms with Crippen molar-refractivity contribution in [3.05, 3.63) is 35.4 Å². The van der Waals surface area contributed by atoms with E-state index >= 15 is 0 Å². The molecule has 1 atom stereocenters. The van der Waals surface area contributed by atoms with Crippen molar-refractivity contribution in [1.29, 1.82) is 0 Å². The average Bonchev–Trinajstić information content (AvgIpc) is 2.47. The molecule has 2 rings (SSSR count). The number of imide groups is 1. The summed E-state index contributed by atoms with van der Waals surface area (Å²) < 4.78 is 5.01. The first-order valence-electron chi connectivity index (χ1n) is 6.79. The maximum Gasteiger partial charge on any atom is 0.255 e. The van der Waals surface area contributed by atoms with Gasteiger partial charge in [-0.25, -0.2) is 0 Å². The average molecular weight is 290 g/mol. The number of hydrogen-bond acceptors (Lipinski definition) is 4. The number of nitrogens with zero attached hydrogens (tertiary/aromatic N) is 1. The van der Waals surface area contributed by atoms with E-state index in [1.165, 1.54) is 4.90 Å². The van der Waals surface area contributed by atoms with Crippen LogP contribution in [0.1, 0.15) is 29.3 Å². The second-order valence-electron chi connectivity index (χ2n) is 4.90. The van der Waals surface area contributed by atoms with E-state index in [0.29, 0.717) is 18.6 Å². The third-order valence-corrected chi connectivity index (χ3v) is 3.41. The Labute approximate surface area is 123 Å². The molecule has 1 aromatic rings. The van der Waals surface area contributed by atoms with Crippen molar-refractivity contribution >= 4 is 17.7 Å². The minimum Gasteiger partial charge on any atom is -0.380 e. The monoisotopic (exact) mass is 290 g/mol. The summed E-state index contributed by atoms with van der Waals surface area (Å²) in [7, 11) is 1.60. The number of nitrogens with one attached hydrogen (secondary N) is 1. The molecule has 1 N–H and O–H groups in total. The van der Waals surface area contributed by atoms with E-state index in [-0.39, 0.29) is 12.5 Å². The van der Waals surface area contributed by atoms with Crippen LogP contribution >= 0.6 is 0 Å². The number of ether oxygens (including phenoxy) is 1. The van der Waals surface area contributed by atoms with Crippen LogP contribution in [0.25, 0.3) is 0 Å². The van der Waals surface area contributed by atoms with Crippen molar-refractivity contribution in [2.24, 2.45) is 0 Å². The third kappa shape index (κ3) is 3.28. The Morgan fingerprint density at radius 1 is 1.33 bits per heavy atom. The SMILES string of the molecule is CCC1C(=O)NC(=O)CN1C(=O)c1ccc(COC)cc1. The van der Waals surface area contributed by atoms with Crippen LogP contribution in [0.3, 0.4) is 0 Å². The summed E-state index contributed by atoms with van der Waals surface area (Å²) in [5, 5.41) is 2.25. The highest BCUT2D eigenvalue weighted by Crippen LogP contribution is 2.15. The van der Waals surface area contributed by atoms with Crippen LogP contribution in [-0.4, -0.2) is 42.3 Å². The van der Waals surface area contributed by atoms with E-state index < -0.39 is 17.9 Å². The molecule has 6 nitrogen and oxygen atoms in total. The van der Waals surface area contributed by atoms with Crippen LogP contribution in [0.15, 0.2) is 24.3 Å². The summed E-state index contributed by atoms with van der Waals surface area (Å²) in [6.45, 7) is 2.18. The van der Waals surface area contributed by atoms with Crippen LogP contribution in [0.4, 0.5) is 0 Å². The summed E-state index contributed by atoms with van der Waals surface area (Å²) in [6.07, 6.45) is 0.465. The molecule has 0 bridgehead atoms. The fourth-order valence-electron chi connectivity index (χ4n) is 2.36. The fraction of sp³-hybridized carbons (Fsp3) is 0.400. The van der Waals surface area contributed by atoms with Crippen LogP contribution in [0.2, 0.25) is 0 Å². The first-order chi connectivity index (χ1) is 10.1. The first-order valence-corrected chi connectivity index (χ1v) is 6.79. The van der Waals surface area contributed by atoms with E-state index in [1.807, 2.05) is 6.92 Å². The van der Waals surface area contributed by atoms with Crippen molar-refractivity contribution in [2.75, 3.05) is 13.7 Å². The summed E-state index contributed by atoms with van der Waals surface area (Å²) in [4.78, 5) is 37.1. The molecular weight excluding hydrogens is 272 g/mol. The molecule has 0 saturated carbocycles. The zero-order chi connectivity index (χ0) is 15.4. The number of carbonyl (C=O) groups is 3. The number of amides is 3. The molecule has 1 aliphatic rings. The Morgan fingerprint density at radius 3 is 2.57 bits per heavy atom. The van der Waals surface area contributed by atoms with Gasteiger partial charge in [-0.05, 0) is 24.1 Å². The molecule has 3 amide bonds. The Hall–Kier alpha value is -2.21. The van der Waals surface area contributed by atoms with Crippen LogP contribution in [-0.2, 0) is 20.9 Å². The topological polar surface area (TPSA) is 75.7 Å². The summed E-state index contributed by atoms with van der Waals surface area (Å²) in [6, 6.07) is 6.35. The predicted octanol–water partition coefficient (Wildman–Crippen LogP) is 0.710. The van der Waals surface area contributed by atoms with Crippen LogP contribution in [0.5, 0.6) is 0 Å². The number of hydrogen-bond donors (Lipinski definition) is 1. The molecule has 21 heavy (non-hydrogen) atoms. The van der Waals surface area contributed by atoms with Crippen LogP contribution in [0, 0.1) is 0 Å². The van der Waals surface area contributed by atoms with Gasteiger partial charge >= 0.3 is 0 Å². The van der Waals surface area contributed by atoms with Gasteiger partial charge in [-0.15, -0.1) is 0 Å². The van der Waals surface area contributed by atoms with Gasteiger partial charge in [0.25, 0.3) is 5.91 Å². The van der Waals surface area contributed by atoms with Gasteiger partial charge in [-0.2, -0.15) is 0 Å². The molecule has 1 aliphatic heterocycles. The number of piperazine rings is 1. The second-order valence-corrected chi connectivity index (χ2v) is 4.90. The molecule has 0 aliphatic carbocycles. The summed E-state index contributed by atoms with van der Waals surface area (Å²) in [5.74, 6) is -1.18. The van der Waals surface area contributed by atoms with E-state index in [9.17, 15) is 14.4 Å². The van der Waals surface area contributed by atoms with Gasteiger partial charge in [0.15, 0.2) is 0 Å². The van der Waals surface area contributed by atoms with E-state index in [4.69, 9.17) is 4.74 Å². The number of methoxy groups -OCH3 is 1. The Bertz CT molecular complexity index is 553. The zero-order valence-corrected chi connectivity index (χ0v) is 12.1. The summed E-state index contributed by atoms with van der Waals surface area (Å²) in [5.41, 5.74) is 1.41. The maximum absolute atomic E-state index is 12.5. The molecule has 0 radical (unpaired) electrons. The molecule has 112 valence electrons. The van der Waals surface area contributed by atoms with Crippen molar-refractivity contribution in [2.45, 2.75) is 26.0 Å². The van der Waals surface area contributed by atoms with Gasteiger partial charge < -0.3 is 9.64 Å². The van der Waals surface area contributed by atoms with E-state index in [2.05, 4.69) is 5.32 Å². The smallest absolute Gasteiger partial charge is 0.255 e. The standard InChI is InChI=1S/C15H18N2O4/c1-3-12-14(19)16-13(18)8-17(12)15(20)11-6-4-10(5-7-11)9-21-2/h4-7,12H,3,8-9H2,1-2H3,(H,16,18,19). The normalized spacial score (nSPS) is 18.6. The lowest BCUT2D eigenvalue weighted by Crippen LogP contribution is -2.59. The predicted molar refractivity (Wildman–Crippen MR) is 75.4 cm³/mol. The van der Waals surface area contributed by atoms with Gasteiger partial charge in [-0.3, -0.25) is 19.7 Å². The van der Waals surface area contributed by atoms with E-state index in [0.717, 1.165) is 5.56 Å². The van der Waals surface area contributed by atoms with Crippen molar-refractivity contribution in [3.8, 4) is 0 Å². The van der Waals surface area contributed by atoms with E-state index in [1.54, 1.807) is 31.4 Å². The number of rotatable bonds is 4. The molecule has 0 aromatic heterocycles. The lowest BCUT2D eigenvalue weighted by atomic mass is 10.1. The molecule has 0 spiro atoms. The minimum atomic E-state index is -0.603. The lowest BCUT2D eigenvalue weighted by Gasteiger charge is -2.33. The molecule has 6 heteroatoms. The highest BCUT2D eigenvalue weighted by Gasteiger charge is 2.35. The Balaban J connectivity index is 2.20. The lowest BCUT2D eigenvalue weighted by molar-refractivity contribution is -0.138. The van der Waals surface area contributed by atoms with Gasteiger partial charge in [0.1, 0.15) is 12.6 Å². The van der Waals surface area contributed by atoms with Gasteiger partial charge in [0.05, 0.1) is 6.61 Å². The van der Waals surface area contributed by atoms with Gasteiger partial charge in [0.2, 0.25) is 11.8 Å². The van der Waals surface area contributed by atoms with Crippen molar-refractivity contribution in [3.63, 3.8) is 0 Å². The highest BCUT2D eigenvalue weighted by molar-refractivity contribution is 6.07. The van der Waals surface area contributed by atoms with Crippen LogP contribution < -0.4 is 5.32 Å².